The van der Waals surface area contributed by atoms with E-state index in [-0.39, 0.29) is 24.2 Å². The molecule has 31 heavy (non-hydrogen) atoms. The number of fused-ring (bicyclic) bond motifs is 1. The van der Waals surface area contributed by atoms with Gasteiger partial charge in [0.2, 0.25) is 11.8 Å². The Kier molecular flexibility index (Phi) is 5.36. The summed E-state index contributed by atoms with van der Waals surface area (Å²) in [6.07, 6.45) is 0.238. The molecule has 0 N–H and O–H groups in total. The minimum atomic E-state index is -0.321. The SMILES string of the molecule is O=C(C1CC(=O)N(c2ccc3c(c2)OCCO3)C1)N1CCN(c2cccc(Cl)c2)CC1. The number of hydrogen-bond acceptors (Lipinski definition) is 5. The molecule has 2 saturated heterocycles. The first-order chi connectivity index (χ1) is 15.1. The number of carbonyl (C=O) groups excluding carboxylic acids is 2. The number of benzene rings is 2. The second-order valence-electron chi connectivity index (χ2n) is 8.03. The normalized spacial score (nSPS) is 20.9. The van der Waals surface area contributed by atoms with Crippen molar-refractivity contribution >= 4 is 34.8 Å². The van der Waals surface area contributed by atoms with Gasteiger partial charge >= 0.3 is 0 Å². The predicted octanol–water partition coefficient (Wildman–Crippen LogP) is 2.81. The maximum Gasteiger partial charge on any atom is 0.228 e. The van der Waals surface area contributed by atoms with E-state index in [1.807, 2.05) is 47.4 Å². The fourth-order valence-corrected chi connectivity index (χ4v) is 4.62. The van der Waals surface area contributed by atoms with Crippen LogP contribution in [-0.4, -0.2) is 62.7 Å². The number of ether oxygens (including phenoxy) is 2. The highest BCUT2D eigenvalue weighted by Crippen LogP contribution is 2.36. The van der Waals surface area contributed by atoms with Gasteiger partial charge in [0.1, 0.15) is 13.2 Å². The van der Waals surface area contributed by atoms with Gasteiger partial charge in [0.05, 0.1) is 5.92 Å². The fourth-order valence-electron chi connectivity index (χ4n) is 4.44. The molecule has 0 radical (unpaired) electrons. The average molecular weight is 442 g/mol. The maximum absolute atomic E-state index is 13.1. The molecule has 3 aliphatic rings. The van der Waals surface area contributed by atoms with Crippen molar-refractivity contribution in [3.63, 3.8) is 0 Å². The molecule has 2 aromatic carbocycles. The minimum absolute atomic E-state index is 0.0346. The van der Waals surface area contributed by atoms with E-state index < -0.39 is 0 Å². The maximum atomic E-state index is 13.1. The van der Waals surface area contributed by atoms with Crippen LogP contribution in [0.15, 0.2) is 42.5 Å². The summed E-state index contributed by atoms with van der Waals surface area (Å²) in [5.41, 5.74) is 1.82. The first-order valence-corrected chi connectivity index (χ1v) is 11.0. The molecule has 2 amide bonds. The van der Waals surface area contributed by atoms with E-state index in [2.05, 4.69) is 4.90 Å². The molecule has 162 valence electrons. The number of carbonyl (C=O) groups is 2. The van der Waals surface area contributed by atoms with Crippen molar-refractivity contribution < 1.29 is 19.1 Å². The van der Waals surface area contributed by atoms with Crippen molar-refractivity contribution in [1.29, 1.82) is 0 Å². The number of amides is 2. The van der Waals surface area contributed by atoms with E-state index in [0.29, 0.717) is 49.4 Å². The highest BCUT2D eigenvalue weighted by molar-refractivity contribution is 6.30. The van der Waals surface area contributed by atoms with Gasteiger partial charge in [-0.25, -0.2) is 0 Å². The smallest absolute Gasteiger partial charge is 0.228 e. The van der Waals surface area contributed by atoms with Gasteiger partial charge in [0, 0.05) is 61.6 Å². The molecule has 8 heteroatoms. The Balaban J connectivity index is 1.22. The standard InChI is InChI=1S/C23H24ClN3O4/c24-17-2-1-3-18(13-17)25-6-8-26(9-7-25)23(29)16-12-22(28)27(15-16)19-4-5-20-21(14-19)31-11-10-30-20/h1-5,13-14,16H,6-12,15H2. The van der Waals surface area contributed by atoms with Gasteiger partial charge in [-0.1, -0.05) is 17.7 Å². The number of halogens is 1. The van der Waals surface area contributed by atoms with Crippen LogP contribution in [0.1, 0.15) is 6.42 Å². The van der Waals surface area contributed by atoms with Crippen LogP contribution in [0.2, 0.25) is 5.02 Å². The fraction of sp³-hybridized carbons (Fsp3) is 0.391. The van der Waals surface area contributed by atoms with Gasteiger partial charge < -0.3 is 24.2 Å². The van der Waals surface area contributed by atoms with E-state index in [4.69, 9.17) is 21.1 Å². The monoisotopic (exact) mass is 441 g/mol. The second-order valence-corrected chi connectivity index (χ2v) is 8.46. The Morgan fingerprint density at radius 1 is 0.935 bits per heavy atom. The molecule has 0 aliphatic carbocycles. The topological polar surface area (TPSA) is 62.3 Å². The molecule has 0 aromatic heterocycles. The lowest BCUT2D eigenvalue weighted by Gasteiger charge is -2.37. The third-order valence-corrected chi connectivity index (χ3v) is 6.31. The highest BCUT2D eigenvalue weighted by atomic mass is 35.5. The zero-order valence-corrected chi connectivity index (χ0v) is 17.9. The molecule has 2 aromatic rings. The Morgan fingerprint density at radius 3 is 2.48 bits per heavy atom. The van der Waals surface area contributed by atoms with Crippen LogP contribution < -0.4 is 19.3 Å². The van der Waals surface area contributed by atoms with Gasteiger partial charge in [-0.3, -0.25) is 9.59 Å². The summed E-state index contributed by atoms with van der Waals surface area (Å²) < 4.78 is 11.2. The second kappa shape index (κ2) is 8.30. The van der Waals surface area contributed by atoms with Crippen molar-refractivity contribution in [2.45, 2.75) is 6.42 Å². The molecule has 0 spiro atoms. The van der Waals surface area contributed by atoms with E-state index in [9.17, 15) is 9.59 Å². The highest BCUT2D eigenvalue weighted by Gasteiger charge is 2.38. The van der Waals surface area contributed by atoms with E-state index in [0.717, 1.165) is 24.5 Å². The van der Waals surface area contributed by atoms with Crippen LogP contribution in [0.25, 0.3) is 0 Å². The first kappa shape index (κ1) is 20.0. The van der Waals surface area contributed by atoms with Crippen molar-refractivity contribution in [1.82, 2.24) is 4.90 Å². The molecule has 7 nitrogen and oxygen atoms in total. The van der Waals surface area contributed by atoms with Crippen molar-refractivity contribution in [3.8, 4) is 11.5 Å². The summed E-state index contributed by atoms with van der Waals surface area (Å²) in [6, 6.07) is 13.3. The van der Waals surface area contributed by atoms with Gasteiger partial charge in [-0.05, 0) is 30.3 Å². The Bertz CT molecular complexity index is 1010. The number of anilines is 2. The molecule has 5 rings (SSSR count). The first-order valence-electron chi connectivity index (χ1n) is 10.6. The molecule has 1 unspecified atom stereocenters. The van der Waals surface area contributed by atoms with Gasteiger partial charge in [-0.2, -0.15) is 0 Å². The lowest BCUT2D eigenvalue weighted by atomic mass is 10.1. The summed E-state index contributed by atoms with van der Waals surface area (Å²) in [6.45, 7) is 4.19. The quantitative estimate of drug-likeness (QED) is 0.733. The van der Waals surface area contributed by atoms with Crippen LogP contribution in [0.3, 0.4) is 0 Å². The van der Waals surface area contributed by atoms with Gasteiger partial charge in [0.15, 0.2) is 11.5 Å². The lowest BCUT2D eigenvalue weighted by Crippen LogP contribution is -2.50. The third-order valence-electron chi connectivity index (χ3n) is 6.08. The lowest BCUT2D eigenvalue weighted by molar-refractivity contribution is -0.136. The summed E-state index contributed by atoms with van der Waals surface area (Å²) in [4.78, 5) is 31.6. The Hall–Kier alpha value is -2.93. The Morgan fingerprint density at radius 2 is 1.71 bits per heavy atom. The van der Waals surface area contributed by atoms with Crippen LogP contribution >= 0.6 is 11.6 Å². The largest absolute Gasteiger partial charge is 0.486 e. The molecule has 0 bridgehead atoms. The molecule has 2 fully saturated rings. The summed E-state index contributed by atoms with van der Waals surface area (Å²) in [5, 5.41) is 0.708. The van der Waals surface area contributed by atoms with Crippen molar-refractivity contribution in [2.24, 2.45) is 5.92 Å². The number of piperazine rings is 1. The van der Waals surface area contributed by atoms with E-state index in [1.54, 1.807) is 4.90 Å². The molecule has 3 aliphatic heterocycles. The zero-order valence-electron chi connectivity index (χ0n) is 17.1. The van der Waals surface area contributed by atoms with Crippen LogP contribution in [-0.2, 0) is 9.59 Å². The van der Waals surface area contributed by atoms with E-state index in [1.165, 1.54) is 0 Å². The minimum Gasteiger partial charge on any atom is -0.486 e. The van der Waals surface area contributed by atoms with Crippen LogP contribution in [0, 0.1) is 5.92 Å². The number of hydrogen-bond donors (Lipinski definition) is 0. The van der Waals surface area contributed by atoms with Crippen LogP contribution in [0.5, 0.6) is 11.5 Å². The van der Waals surface area contributed by atoms with Gasteiger partial charge in [-0.15, -0.1) is 0 Å². The van der Waals surface area contributed by atoms with E-state index >= 15 is 0 Å². The molecular weight excluding hydrogens is 418 g/mol. The summed E-state index contributed by atoms with van der Waals surface area (Å²) >= 11 is 6.10. The summed E-state index contributed by atoms with van der Waals surface area (Å²) in [5.74, 6) is 1.03. The number of rotatable bonds is 3. The van der Waals surface area contributed by atoms with Crippen molar-refractivity contribution in [2.75, 3.05) is 55.7 Å². The predicted molar refractivity (Wildman–Crippen MR) is 118 cm³/mol. The average Bonchev–Trinajstić information content (AvgIpc) is 3.20. The number of nitrogens with zero attached hydrogens (tertiary/aromatic N) is 3. The Labute approximate surface area is 186 Å². The third kappa shape index (κ3) is 4.02. The molecule has 0 saturated carbocycles. The van der Waals surface area contributed by atoms with Crippen LogP contribution in [0.4, 0.5) is 11.4 Å². The summed E-state index contributed by atoms with van der Waals surface area (Å²) in [7, 11) is 0. The molecule has 3 heterocycles. The van der Waals surface area contributed by atoms with Crippen molar-refractivity contribution in [3.05, 3.63) is 47.5 Å². The van der Waals surface area contributed by atoms with Gasteiger partial charge in [0.25, 0.3) is 0 Å². The molecule has 1 atom stereocenters. The zero-order chi connectivity index (χ0) is 21.4. The molecular formula is C23H24ClN3O4.